The molecule has 1 aromatic heterocycles. The van der Waals surface area contributed by atoms with Crippen LogP contribution in [0.1, 0.15) is 5.56 Å². The Bertz CT molecular complexity index is 800. The zero-order chi connectivity index (χ0) is 16.4. The van der Waals surface area contributed by atoms with Crippen LogP contribution in [0.15, 0.2) is 45.7 Å². The number of hydrogen-bond acceptors (Lipinski definition) is 5. The molecule has 1 aromatic carbocycles. The molecule has 0 atom stereocenters. The minimum absolute atomic E-state index is 0.165. The van der Waals surface area contributed by atoms with Gasteiger partial charge in [-0.1, -0.05) is 23.4 Å². The summed E-state index contributed by atoms with van der Waals surface area (Å²) in [4.78, 5) is 18.7. The van der Waals surface area contributed by atoms with Crippen LogP contribution >= 0.6 is 34.7 Å². The van der Waals surface area contributed by atoms with Gasteiger partial charge in [0.05, 0.1) is 17.8 Å². The summed E-state index contributed by atoms with van der Waals surface area (Å²) in [5.74, 6) is 0.403. The molecule has 0 saturated heterocycles. The van der Waals surface area contributed by atoms with Crippen molar-refractivity contribution in [3.8, 4) is 5.75 Å². The topological polar surface area (TPSA) is 41.9 Å². The fourth-order valence-electron chi connectivity index (χ4n) is 2.17. The number of benzene rings is 1. The maximum Gasteiger partial charge on any atom is 0.283 e. The molecule has 0 radical (unpaired) electrons. The second kappa shape index (κ2) is 6.78. The van der Waals surface area contributed by atoms with Gasteiger partial charge in [0.25, 0.3) is 5.91 Å². The smallest absolute Gasteiger partial charge is 0.283 e. The number of carbonyl (C=O) groups excluding carboxylic acids is 1. The van der Waals surface area contributed by atoms with Crippen molar-refractivity contribution in [2.75, 3.05) is 18.3 Å². The van der Waals surface area contributed by atoms with E-state index in [4.69, 9.17) is 16.3 Å². The Morgan fingerprint density at radius 1 is 1.39 bits per heavy atom. The van der Waals surface area contributed by atoms with E-state index in [1.807, 2.05) is 23.1 Å². The number of nitrogens with zero attached hydrogens (tertiary/aromatic N) is 2. The Morgan fingerprint density at radius 3 is 2.83 bits per heavy atom. The van der Waals surface area contributed by atoms with Crippen LogP contribution in [0.5, 0.6) is 5.75 Å². The van der Waals surface area contributed by atoms with Crippen LogP contribution < -0.4 is 9.64 Å². The fourth-order valence-corrected chi connectivity index (χ4v) is 3.60. The van der Waals surface area contributed by atoms with Crippen LogP contribution in [0, 0.1) is 0 Å². The van der Waals surface area contributed by atoms with Gasteiger partial charge in [0.1, 0.15) is 11.4 Å². The zero-order valence-electron chi connectivity index (χ0n) is 12.4. The van der Waals surface area contributed by atoms with Crippen molar-refractivity contribution in [3.05, 3.63) is 51.3 Å². The van der Waals surface area contributed by atoms with E-state index in [1.165, 1.54) is 11.8 Å². The van der Waals surface area contributed by atoms with E-state index in [-0.39, 0.29) is 5.91 Å². The first kappa shape index (κ1) is 16.1. The lowest BCUT2D eigenvalue weighted by Crippen LogP contribution is -2.30. The van der Waals surface area contributed by atoms with Crippen molar-refractivity contribution < 1.29 is 9.53 Å². The average Bonchev–Trinajstić information content (AvgIpc) is 3.16. The van der Waals surface area contributed by atoms with Gasteiger partial charge < -0.3 is 4.74 Å². The van der Waals surface area contributed by atoms with Crippen LogP contribution in [0.2, 0.25) is 5.02 Å². The highest BCUT2D eigenvalue weighted by Gasteiger charge is 2.31. The number of halogens is 1. The van der Waals surface area contributed by atoms with E-state index in [0.29, 0.717) is 27.3 Å². The number of aliphatic imine (C=N–C) groups is 1. The van der Waals surface area contributed by atoms with Crippen LogP contribution in [-0.2, 0) is 4.79 Å². The third-order valence-corrected chi connectivity index (χ3v) is 4.89. The SMILES string of the molecule is COc1ccc(N2C(=O)C(=Cc3ccsc3)N=C2SC)cc1Cl. The summed E-state index contributed by atoms with van der Waals surface area (Å²) in [5.41, 5.74) is 2.06. The number of hydrogen-bond donors (Lipinski definition) is 0. The summed E-state index contributed by atoms with van der Waals surface area (Å²) in [6, 6.07) is 7.19. The molecule has 0 bridgehead atoms. The van der Waals surface area contributed by atoms with Gasteiger partial charge in [-0.05, 0) is 52.9 Å². The number of thioether (sulfide) groups is 1. The summed E-state index contributed by atoms with van der Waals surface area (Å²) < 4.78 is 5.15. The van der Waals surface area contributed by atoms with Gasteiger partial charge in [-0.2, -0.15) is 11.3 Å². The third kappa shape index (κ3) is 3.15. The zero-order valence-corrected chi connectivity index (χ0v) is 14.8. The predicted molar refractivity (Wildman–Crippen MR) is 98.7 cm³/mol. The highest BCUT2D eigenvalue weighted by atomic mass is 35.5. The van der Waals surface area contributed by atoms with Crippen molar-refractivity contribution >= 4 is 57.5 Å². The lowest BCUT2D eigenvalue weighted by atomic mass is 10.2. The van der Waals surface area contributed by atoms with E-state index in [9.17, 15) is 4.79 Å². The minimum atomic E-state index is -0.165. The number of anilines is 1. The number of methoxy groups -OCH3 is 1. The second-order valence-electron chi connectivity index (χ2n) is 4.64. The highest BCUT2D eigenvalue weighted by Crippen LogP contribution is 2.33. The van der Waals surface area contributed by atoms with Crippen molar-refractivity contribution in [3.63, 3.8) is 0 Å². The fraction of sp³-hybridized carbons (Fsp3) is 0.125. The molecule has 1 aliphatic heterocycles. The molecular formula is C16H13ClN2O2S2. The molecular weight excluding hydrogens is 352 g/mol. The van der Waals surface area contributed by atoms with Crippen molar-refractivity contribution in [1.82, 2.24) is 0 Å². The number of amidine groups is 1. The first-order valence-electron chi connectivity index (χ1n) is 6.68. The van der Waals surface area contributed by atoms with Crippen LogP contribution in [0.25, 0.3) is 6.08 Å². The van der Waals surface area contributed by atoms with Crippen molar-refractivity contribution in [1.29, 1.82) is 0 Å². The van der Waals surface area contributed by atoms with E-state index >= 15 is 0 Å². The lowest BCUT2D eigenvalue weighted by Gasteiger charge is -2.17. The van der Waals surface area contributed by atoms with E-state index in [0.717, 1.165) is 5.56 Å². The highest BCUT2D eigenvalue weighted by molar-refractivity contribution is 8.13. The lowest BCUT2D eigenvalue weighted by molar-refractivity contribution is -0.113. The summed E-state index contributed by atoms with van der Waals surface area (Å²) >= 11 is 9.17. The van der Waals surface area contributed by atoms with Gasteiger partial charge in [-0.15, -0.1) is 0 Å². The summed E-state index contributed by atoms with van der Waals surface area (Å²) in [7, 11) is 1.55. The predicted octanol–water partition coefficient (Wildman–Crippen LogP) is 4.52. The molecule has 2 heterocycles. The third-order valence-electron chi connectivity index (χ3n) is 3.25. The molecule has 2 aromatic rings. The normalized spacial score (nSPS) is 16.1. The Balaban J connectivity index is 1.98. The van der Waals surface area contributed by atoms with Gasteiger partial charge in [-0.3, -0.25) is 9.69 Å². The Kier molecular flexibility index (Phi) is 4.75. The monoisotopic (exact) mass is 364 g/mol. The standard InChI is InChI=1S/C16H13ClN2O2S2/c1-21-14-4-3-11(8-12(14)17)19-15(20)13(18-16(19)22-2)7-10-5-6-23-9-10/h3-9H,1-2H3. The Morgan fingerprint density at radius 2 is 2.22 bits per heavy atom. The molecule has 1 amide bonds. The van der Waals surface area contributed by atoms with Crippen molar-refractivity contribution in [2.45, 2.75) is 0 Å². The number of thiophene rings is 1. The van der Waals surface area contributed by atoms with Gasteiger partial charge in [-0.25, -0.2) is 4.99 Å². The molecule has 0 saturated carbocycles. The first-order chi connectivity index (χ1) is 11.1. The molecule has 118 valence electrons. The van der Waals surface area contributed by atoms with Gasteiger partial charge in [0.2, 0.25) is 0 Å². The number of carbonyl (C=O) groups is 1. The summed E-state index contributed by atoms with van der Waals surface area (Å²) in [5, 5.41) is 5.01. The molecule has 1 aliphatic rings. The molecule has 0 spiro atoms. The molecule has 0 aliphatic carbocycles. The molecule has 0 N–H and O–H groups in total. The van der Waals surface area contributed by atoms with Crippen LogP contribution in [-0.4, -0.2) is 24.4 Å². The van der Waals surface area contributed by atoms with Crippen LogP contribution in [0.4, 0.5) is 5.69 Å². The second-order valence-corrected chi connectivity index (χ2v) is 6.60. The van der Waals surface area contributed by atoms with Gasteiger partial charge in [0, 0.05) is 0 Å². The maximum atomic E-state index is 12.7. The number of ether oxygens (including phenoxy) is 1. The largest absolute Gasteiger partial charge is 0.495 e. The molecule has 4 nitrogen and oxygen atoms in total. The minimum Gasteiger partial charge on any atom is -0.495 e. The van der Waals surface area contributed by atoms with E-state index in [1.54, 1.807) is 47.6 Å². The van der Waals surface area contributed by atoms with Crippen molar-refractivity contribution in [2.24, 2.45) is 4.99 Å². The first-order valence-corrected chi connectivity index (χ1v) is 9.23. The molecule has 0 fully saturated rings. The van der Waals surface area contributed by atoms with Crippen LogP contribution in [0.3, 0.4) is 0 Å². The number of amides is 1. The summed E-state index contributed by atoms with van der Waals surface area (Å²) in [6.45, 7) is 0. The van der Waals surface area contributed by atoms with E-state index < -0.39 is 0 Å². The molecule has 23 heavy (non-hydrogen) atoms. The quantitative estimate of drug-likeness (QED) is 0.752. The van der Waals surface area contributed by atoms with E-state index in [2.05, 4.69) is 4.99 Å². The molecule has 0 unspecified atom stereocenters. The average molecular weight is 365 g/mol. The molecule has 7 heteroatoms. The van der Waals surface area contributed by atoms with Gasteiger partial charge in [0.15, 0.2) is 5.17 Å². The Hall–Kier alpha value is -1.76. The number of rotatable bonds is 3. The summed E-state index contributed by atoms with van der Waals surface area (Å²) in [6.07, 6.45) is 3.68. The van der Waals surface area contributed by atoms with Gasteiger partial charge >= 0.3 is 0 Å². The Labute approximate surface area is 147 Å². The maximum absolute atomic E-state index is 12.7. The molecule has 3 rings (SSSR count).